The molecule has 2 aromatic heterocycles. The number of aryl methyl sites for hydroxylation is 2. The molecule has 0 aliphatic heterocycles. The number of hydrogen-bond donors (Lipinski definition) is 4. The molecule has 0 saturated carbocycles. The molecule has 6 aromatic rings. The lowest BCUT2D eigenvalue weighted by atomic mass is 9.89. The highest BCUT2D eigenvalue weighted by molar-refractivity contribution is 6.34. The van der Waals surface area contributed by atoms with E-state index in [2.05, 4.69) is 9.97 Å². The maximum atomic E-state index is 12.6. The van der Waals surface area contributed by atoms with Gasteiger partial charge in [0.25, 0.3) is 11.1 Å². The lowest BCUT2D eigenvalue weighted by molar-refractivity contribution is 1.38. The summed E-state index contributed by atoms with van der Waals surface area (Å²) in [6, 6.07) is 7.50. The summed E-state index contributed by atoms with van der Waals surface area (Å²) < 4.78 is 0. The topological polar surface area (TPSA) is 118 Å². The van der Waals surface area contributed by atoms with Crippen LogP contribution < -0.4 is 22.6 Å². The van der Waals surface area contributed by atoms with Crippen molar-refractivity contribution in [2.24, 2.45) is 0 Å². The molecule has 6 heteroatoms. The van der Waals surface area contributed by atoms with Crippen LogP contribution in [0.25, 0.3) is 54.1 Å². The van der Waals surface area contributed by atoms with Gasteiger partial charge >= 0.3 is 0 Å². The molecule has 0 spiro atoms. The SMILES string of the molecule is Cc1cc(N)c2[nH]c(=O)c3cc4cc5c(=O)[nH]c6c(N)cc(C)c(c65)c4c1c23. The molecule has 0 aliphatic carbocycles. The first-order valence-electron chi connectivity index (χ1n) is 9.04. The number of rotatable bonds is 0. The van der Waals surface area contributed by atoms with Crippen molar-refractivity contribution in [3.8, 4) is 0 Å². The minimum atomic E-state index is -0.171. The van der Waals surface area contributed by atoms with Crippen LogP contribution in [0.15, 0.2) is 33.9 Å². The van der Waals surface area contributed by atoms with Crippen LogP contribution in [0.2, 0.25) is 0 Å². The van der Waals surface area contributed by atoms with Crippen LogP contribution in [0.1, 0.15) is 11.1 Å². The van der Waals surface area contributed by atoms with Crippen molar-refractivity contribution in [2.45, 2.75) is 13.8 Å². The van der Waals surface area contributed by atoms with Gasteiger partial charge in [-0.2, -0.15) is 0 Å². The predicted octanol–water partition coefficient (Wildman–Crippen LogP) is 3.49. The summed E-state index contributed by atoms with van der Waals surface area (Å²) in [4.78, 5) is 31.0. The molecule has 6 rings (SSSR count). The molecule has 136 valence electrons. The lowest BCUT2D eigenvalue weighted by Gasteiger charge is -2.14. The summed E-state index contributed by atoms with van der Waals surface area (Å²) in [6.07, 6.45) is 0. The minimum Gasteiger partial charge on any atom is -0.397 e. The zero-order valence-electron chi connectivity index (χ0n) is 15.3. The van der Waals surface area contributed by atoms with E-state index in [9.17, 15) is 9.59 Å². The minimum absolute atomic E-state index is 0.171. The number of fused-ring (bicyclic) bond motifs is 3. The number of benzene rings is 4. The summed E-state index contributed by atoms with van der Waals surface area (Å²) in [5, 5.41) is 6.72. The first kappa shape index (κ1) is 15.3. The van der Waals surface area contributed by atoms with Gasteiger partial charge in [0, 0.05) is 10.8 Å². The van der Waals surface area contributed by atoms with Crippen LogP contribution in [-0.2, 0) is 0 Å². The van der Waals surface area contributed by atoms with Crippen molar-refractivity contribution in [1.82, 2.24) is 9.97 Å². The van der Waals surface area contributed by atoms with E-state index < -0.39 is 0 Å². The molecule has 0 bridgehead atoms. The molecule has 0 aliphatic rings. The number of aromatic amines is 2. The summed E-state index contributed by atoms with van der Waals surface area (Å²) in [6.45, 7) is 4.00. The fourth-order valence-corrected chi connectivity index (χ4v) is 4.92. The smallest absolute Gasteiger partial charge is 0.256 e. The maximum Gasteiger partial charge on any atom is 0.256 e. The average molecular weight is 368 g/mol. The Morgan fingerprint density at radius 2 is 1.07 bits per heavy atom. The third kappa shape index (κ3) is 1.55. The summed E-state index contributed by atoms with van der Waals surface area (Å²) in [7, 11) is 0. The van der Waals surface area contributed by atoms with E-state index in [0.29, 0.717) is 33.2 Å². The highest BCUT2D eigenvalue weighted by Crippen LogP contribution is 2.43. The monoisotopic (exact) mass is 368 g/mol. The third-order valence-electron chi connectivity index (χ3n) is 6.00. The summed E-state index contributed by atoms with van der Waals surface area (Å²) in [5.74, 6) is 0. The van der Waals surface area contributed by atoms with Crippen LogP contribution in [0.3, 0.4) is 0 Å². The Labute approximate surface area is 157 Å². The Morgan fingerprint density at radius 3 is 1.50 bits per heavy atom. The second kappa shape index (κ2) is 4.54. The highest BCUT2D eigenvalue weighted by atomic mass is 16.1. The van der Waals surface area contributed by atoms with Crippen molar-refractivity contribution in [3.05, 3.63) is 56.1 Å². The van der Waals surface area contributed by atoms with E-state index >= 15 is 0 Å². The lowest BCUT2D eigenvalue weighted by Crippen LogP contribution is -1.98. The molecule has 0 saturated heterocycles. The number of nitrogen functional groups attached to an aromatic ring is 2. The van der Waals surface area contributed by atoms with Crippen LogP contribution in [-0.4, -0.2) is 9.97 Å². The van der Waals surface area contributed by atoms with E-state index in [4.69, 9.17) is 11.5 Å². The second-order valence-corrected chi connectivity index (χ2v) is 7.67. The maximum absolute atomic E-state index is 12.6. The Kier molecular flexibility index (Phi) is 2.48. The molecular weight excluding hydrogens is 352 g/mol. The van der Waals surface area contributed by atoms with Gasteiger partial charge in [-0.05, 0) is 70.8 Å². The molecule has 2 heterocycles. The zero-order chi connectivity index (χ0) is 19.5. The van der Waals surface area contributed by atoms with Crippen LogP contribution in [0.4, 0.5) is 11.4 Å². The fourth-order valence-electron chi connectivity index (χ4n) is 4.92. The molecule has 0 atom stereocenters. The van der Waals surface area contributed by atoms with Gasteiger partial charge in [-0.15, -0.1) is 0 Å². The predicted molar refractivity (Wildman–Crippen MR) is 116 cm³/mol. The van der Waals surface area contributed by atoms with Crippen LogP contribution in [0.5, 0.6) is 0 Å². The van der Waals surface area contributed by atoms with E-state index in [1.54, 1.807) is 0 Å². The average Bonchev–Trinajstić information content (AvgIpc) is 3.14. The number of H-pyrrole nitrogens is 2. The van der Waals surface area contributed by atoms with Gasteiger partial charge in [-0.3, -0.25) is 9.59 Å². The van der Waals surface area contributed by atoms with E-state index in [1.165, 1.54) is 0 Å². The van der Waals surface area contributed by atoms with Crippen molar-refractivity contribution < 1.29 is 0 Å². The van der Waals surface area contributed by atoms with Crippen molar-refractivity contribution >= 4 is 65.5 Å². The molecule has 0 fully saturated rings. The molecule has 6 N–H and O–H groups in total. The Morgan fingerprint density at radius 1 is 0.643 bits per heavy atom. The first-order chi connectivity index (χ1) is 13.4. The third-order valence-corrected chi connectivity index (χ3v) is 6.00. The normalized spacial score (nSPS) is 12.5. The van der Waals surface area contributed by atoms with E-state index in [0.717, 1.165) is 43.4 Å². The van der Waals surface area contributed by atoms with Crippen LogP contribution in [0, 0.1) is 13.8 Å². The standard InChI is InChI=1S/C22H16N4O2/c1-7-3-12(23)19-17-10(21(27)25-19)5-9-6-11-18-15(16(9)14(7)17)8(2)4-13(24)20(18)26-22(11)28/h3-6H,23-24H2,1-2H3,(H,25,27)(H,26,28). The van der Waals surface area contributed by atoms with E-state index in [1.807, 2.05) is 38.1 Å². The van der Waals surface area contributed by atoms with Crippen molar-refractivity contribution in [3.63, 3.8) is 0 Å². The summed E-state index contributed by atoms with van der Waals surface area (Å²) in [5.41, 5.74) is 16.5. The number of nitrogens with one attached hydrogen (secondary N) is 2. The van der Waals surface area contributed by atoms with Crippen molar-refractivity contribution in [1.29, 1.82) is 0 Å². The van der Waals surface area contributed by atoms with Gasteiger partial charge in [0.15, 0.2) is 0 Å². The van der Waals surface area contributed by atoms with E-state index in [-0.39, 0.29) is 11.1 Å². The van der Waals surface area contributed by atoms with Crippen LogP contribution >= 0.6 is 0 Å². The van der Waals surface area contributed by atoms with Gasteiger partial charge in [0.05, 0.1) is 33.2 Å². The molecule has 4 aromatic carbocycles. The zero-order valence-corrected chi connectivity index (χ0v) is 15.3. The number of anilines is 2. The van der Waals surface area contributed by atoms with Gasteiger partial charge in [0.2, 0.25) is 0 Å². The van der Waals surface area contributed by atoms with Gasteiger partial charge < -0.3 is 21.4 Å². The highest BCUT2D eigenvalue weighted by Gasteiger charge is 2.21. The molecular formula is C22H16N4O2. The first-order valence-corrected chi connectivity index (χ1v) is 9.04. The molecule has 0 radical (unpaired) electrons. The fraction of sp³-hybridized carbons (Fsp3) is 0.0909. The molecule has 0 unspecified atom stereocenters. The summed E-state index contributed by atoms with van der Waals surface area (Å²) >= 11 is 0. The Balaban J connectivity index is 2.11. The second-order valence-electron chi connectivity index (χ2n) is 7.67. The molecule has 28 heavy (non-hydrogen) atoms. The Hall–Kier alpha value is -3.80. The quantitative estimate of drug-likeness (QED) is 0.242. The van der Waals surface area contributed by atoms with Gasteiger partial charge in [0.1, 0.15) is 0 Å². The Bertz CT molecular complexity index is 1610. The van der Waals surface area contributed by atoms with Gasteiger partial charge in [-0.25, -0.2) is 0 Å². The van der Waals surface area contributed by atoms with Gasteiger partial charge in [-0.1, -0.05) is 0 Å². The van der Waals surface area contributed by atoms with Crippen molar-refractivity contribution in [2.75, 3.05) is 11.5 Å². The number of hydrogen-bond acceptors (Lipinski definition) is 4. The number of nitrogens with two attached hydrogens (primary N) is 2. The molecule has 0 amide bonds. The molecule has 6 nitrogen and oxygen atoms in total. The number of aromatic nitrogens is 2. The largest absolute Gasteiger partial charge is 0.397 e.